The molecule has 0 aliphatic heterocycles. The number of nitrogens with one attached hydrogen (secondary N) is 1. The van der Waals surface area contributed by atoms with Crippen LogP contribution in [0.15, 0.2) is 49.2 Å². The Morgan fingerprint density at radius 3 is 2.92 bits per heavy atom. The number of aromatic nitrogens is 4. The molecule has 0 unspecified atom stereocenters. The number of imidazole rings is 1. The van der Waals surface area contributed by atoms with Crippen molar-refractivity contribution in [3.63, 3.8) is 0 Å². The second kappa shape index (κ2) is 8.33. The van der Waals surface area contributed by atoms with Gasteiger partial charge >= 0.3 is 0 Å². The number of amides is 1. The normalized spacial score (nSPS) is 10.7. The van der Waals surface area contributed by atoms with Gasteiger partial charge in [0.05, 0.1) is 6.33 Å². The third kappa shape index (κ3) is 4.72. The fraction of sp³-hybridized carbons (Fsp3) is 0.316. The number of carbonyl (C=O) groups excluding carboxylic acids is 1. The van der Waals surface area contributed by atoms with Gasteiger partial charge in [-0.25, -0.2) is 9.67 Å². The number of ether oxygens (including phenoxy) is 1. The van der Waals surface area contributed by atoms with E-state index in [1.807, 2.05) is 42.8 Å². The lowest BCUT2D eigenvalue weighted by Crippen LogP contribution is -2.25. The maximum atomic E-state index is 12.1. The van der Waals surface area contributed by atoms with E-state index in [-0.39, 0.29) is 12.6 Å². The van der Waals surface area contributed by atoms with Gasteiger partial charge in [0.1, 0.15) is 11.4 Å². The van der Waals surface area contributed by atoms with E-state index in [1.165, 1.54) is 0 Å². The van der Waals surface area contributed by atoms with Crippen molar-refractivity contribution < 1.29 is 9.53 Å². The van der Waals surface area contributed by atoms with Gasteiger partial charge in [-0.3, -0.25) is 4.79 Å². The first-order valence-corrected chi connectivity index (χ1v) is 8.59. The molecule has 2 aromatic heterocycles. The Morgan fingerprint density at radius 2 is 2.12 bits per heavy atom. The molecule has 1 aromatic carbocycles. The van der Waals surface area contributed by atoms with Crippen LogP contribution in [-0.4, -0.2) is 31.8 Å². The van der Waals surface area contributed by atoms with Crippen molar-refractivity contribution in [3.05, 3.63) is 66.0 Å². The minimum atomic E-state index is -0.180. The Balaban J connectivity index is 1.46. The third-order valence-corrected chi connectivity index (χ3v) is 4.01. The SMILES string of the molecule is Cc1ccc(C)c(OCn2ccc(C(=O)NCCCn3ccnc3)n2)c1. The Labute approximate surface area is 152 Å². The molecule has 0 fully saturated rings. The van der Waals surface area contributed by atoms with Gasteiger partial charge in [-0.15, -0.1) is 0 Å². The Morgan fingerprint density at radius 1 is 1.23 bits per heavy atom. The average Bonchev–Trinajstić information content (AvgIpc) is 3.31. The predicted molar refractivity (Wildman–Crippen MR) is 97.9 cm³/mol. The van der Waals surface area contributed by atoms with Crippen LogP contribution in [0.25, 0.3) is 0 Å². The summed E-state index contributed by atoms with van der Waals surface area (Å²) in [6.07, 6.45) is 7.98. The molecule has 26 heavy (non-hydrogen) atoms. The molecule has 0 saturated carbocycles. The average molecular weight is 353 g/mol. The molecule has 0 atom stereocenters. The monoisotopic (exact) mass is 353 g/mol. The zero-order chi connectivity index (χ0) is 18.4. The van der Waals surface area contributed by atoms with E-state index in [9.17, 15) is 4.79 Å². The summed E-state index contributed by atoms with van der Waals surface area (Å²) in [5.41, 5.74) is 2.60. The fourth-order valence-electron chi connectivity index (χ4n) is 2.53. The number of hydrogen-bond acceptors (Lipinski definition) is 4. The maximum absolute atomic E-state index is 12.1. The summed E-state index contributed by atoms with van der Waals surface area (Å²) in [5, 5.41) is 7.15. The molecule has 136 valence electrons. The largest absolute Gasteiger partial charge is 0.471 e. The van der Waals surface area contributed by atoms with Crippen LogP contribution in [-0.2, 0) is 13.3 Å². The molecule has 0 aliphatic rings. The van der Waals surface area contributed by atoms with Crippen molar-refractivity contribution in [2.45, 2.75) is 33.5 Å². The predicted octanol–water partition coefficient (Wildman–Crippen LogP) is 2.55. The molecule has 1 N–H and O–H groups in total. The van der Waals surface area contributed by atoms with Crippen molar-refractivity contribution in [1.82, 2.24) is 24.6 Å². The fourth-order valence-corrected chi connectivity index (χ4v) is 2.53. The number of carbonyl (C=O) groups is 1. The summed E-state index contributed by atoms with van der Waals surface area (Å²) >= 11 is 0. The zero-order valence-electron chi connectivity index (χ0n) is 15.1. The van der Waals surface area contributed by atoms with Gasteiger partial charge in [-0.05, 0) is 43.5 Å². The highest BCUT2D eigenvalue weighted by Crippen LogP contribution is 2.19. The summed E-state index contributed by atoms with van der Waals surface area (Å²) in [6, 6.07) is 7.76. The van der Waals surface area contributed by atoms with Crippen LogP contribution >= 0.6 is 0 Å². The zero-order valence-corrected chi connectivity index (χ0v) is 15.1. The molecular formula is C19H23N5O2. The summed E-state index contributed by atoms with van der Waals surface area (Å²) in [7, 11) is 0. The van der Waals surface area contributed by atoms with E-state index in [4.69, 9.17) is 4.74 Å². The number of hydrogen-bond donors (Lipinski definition) is 1. The van der Waals surface area contributed by atoms with Crippen LogP contribution in [0.5, 0.6) is 5.75 Å². The Bertz CT molecular complexity index is 855. The molecule has 7 heteroatoms. The maximum Gasteiger partial charge on any atom is 0.271 e. The molecule has 0 bridgehead atoms. The van der Waals surface area contributed by atoms with E-state index >= 15 is 0 Å². The lowest BCUT2D eigenvalue weighted by Gasteiger charge is -2.09. The van der Waals surface area contributed by atoms with Crippen LogP contribution in [0.2, 0.25) is 0 Å². The molecule has 3 aromatic rings. The van der Waals surface area contributed by atoms with Crippen LogP contribution in [0.3, 0.4) is 0 Å². The standard InChI is InChI=1S/C19H23N5O2/c1-15-4-5-16(2)18(12-15)26-14-24-10-6-17(22-24)19(25)21-7-3-9-23-11-8-20-13-23/h4-6,8,10-13H,3,7,9,14H2,1-2H3,(H,21,25). The number of aryl methyl sites for hydroxylation is 3. The first kappa shape index (κ1) is 17.7. The smallest absolute Gasteiger partial charge is 0.271 e. The van der Waals surface area contributed by atoms with Crippen LogP contribution in [0.1, 0.15) is 28.0 Å². The lowest BCUT2D eigenvalue weighted by molar-refractivity contribution is 0.0945. The van der Waals surface area contributed by atoms with Gasteiger partial charge in [0, 0.05) is 31.7 Å². The molecule has 0 radical (unpaired) electrons. The molecule has 1 amide bonds. The third-order valence-electron chi connectivity index (χ3n) is 4.01. The first-order chi connectivity index (χ1) is 12.6. The molecule has 0 saturated heterocycles. The molecular weight excluding hydrogens is 330 g/mol. The van der Waals surface area contributed by atoms with Gasteiger partial charge in [0.15, 0.2) is 6.73 Å². The Kier molecular flexibility index (Phi) is 5.68. The highest BCUT2D eigenvalue weighted by molar-refractivity contribution is 5.92. The van der Waals surface area contributed by atoms with Crippen molar-refractivity contribution in [1.29, 1.82) is 0 Å². The van der Waals surface area contributed by atoms with Gasteiger partial charge in [-0.2, -0.15) is 5.10 Å². The lowest BCUT2D eigenvalue weighted by atomic mass is 10.1. The first-order valence-electron chi connectivity index (χ1n) is 8.59. The highest BCUT2D eigenvalue weighted by Gasteiger charge is 2.09. The van der Waals surface area contributed by atoms with Gasteiger partial charge in [-0.1, -0.05) is 12.1 Å². The summed E-state index contributed by atoms with van der Waals surface area (Å²) in [5.74, 6) is 0.645. The van der Waals surface area contributed by atoms with Crippen LogP contribution < -0.4 is 10.1 Å². The van der Waals surface area contributed by atoms with Crippen molar-refractivity contribution in [3.8, 4) is 5.75 Å². The minimum absolute atomic E-state index is 0.180. The molecule has 3 rings (SSSR count). The van der Waals surface area contributed by atoms with E-state index in [2.05, 4.69) is 15.4 Å². The number of benzene rings is 1. The highest BCUT2D eigenvalue weighted by atomic mass is 16.5. The second-order valence-electron chi connectivity index (χ2n) is 6.19. The number of rotatable bonds is 8. The van der Waals surface area contributed by atoms with Crippen molar-refractivity contribution in [2.24, 2.45) is 0 Å². The molecule has 7 nitrogen and oxygen atoms in total. The molecule has 2 heterocycles. The van der Waals surface area contributed by atoms with Crippen molar-refractivity contribution in [2.75, 3.05) is 6.54 Å². The molecule has 0 aliphatic carbocycles. The van der Waals surface area contributed by atoms with Gasteiger partial charge in [0.25, 0.3) is 5.91 Å². The minimum Gasteiger partial charge on any atom is -0.471 e. The van der Waals surface area contributed by atoms with E-state index < -0.39 is 0 Å². The quantitative estimate of drug-likeness (QED) is 0.632. The number of nitrogens with zero attached hydrogens (tertiary/aromatic N) is 4. The van der Waals surface area contributed by atoms with Crippen LogP contribution in [0, 0.1) is 13.8 Å². The topological polar surface area (TPSA) is 74.0 Å². The summed E-state index contributed by atoms with van der Waals surface area (Å²) in [6.45, 7) is 5.69. The van der Waals surface area contributed by atoms with E-state index in [0.717, 1.165) is 29.8 Å². The van der Waals surface area contributed by atoms with E-state index in [1.54, 1.807) is 29.5 Å². The van der Waals surface area contributed by atoms with Crippen molar-refractivity contribution >= 4 is 5.91 Å². The van der Waals surface area contributed by atoms with Crippen LogP contribution in [0.4, 0.5) is 0 Å². The Hall–Kier alpha value is -3.09. The second-order valence-corrected chi connectivity index (χ2v) is 6.19. The van der Waals surface area contributed by atoms with Gasteiger partial charge in [0.2, 0.25) is 0 Å². The summed E-state index contributed by atoms with van der Waals surface area (Å²) < 4.78 is 9.39. The van der Waals surface area contributed by atoms with E-state index in [0.29, 0.717) is 12.2 Å². The molecule has 0 spiro atoms. The van der Waals surface area contributed by atoms with Gasteiger partial charge < -0.3 is 14.6 Å². The summed E-state index contributed by atoms with van der Waals surface area (Å²) in [4.78, 5) is 16.1.